The summed E-state index contributed by atoms with van der Waals surface area (Å²) in [5, 5.41) is 13.2. The molecule has 0 aromatic heterocycles. The van der Waals surface area contributed by atoms with Crippen LogP contribution in [0.25, 0.3) is 0 Å². The first-order chi connectivity index (χ1) is 7.45. The zero-order chi connectivity index (χ0) is 12.2. The third-order valence-corrected chi connectivity index (χ3v) is 2.74. The minimum absolute atomic E-state index is 0.566. The summed E-state index contributed by atoms with van der Waals surface area (Å²) in [5.74, 6) is 0.670. The molecule has 0 saturated heterocycles. The van der Waals surface area contributed by atoms with Gasteiger partial charge in [-0.05, 0) is 37.4 Å². The van der Waals surface area contributed by atoms with Crippen LogP contribution in [-0.2, 0) is 12.0 Å². The highest BCUT2D eigenvalue weighted by atomic mass is 16.3. The van der Waals surface area contributed by atoms with Gasteiger partial charge in [0.15, 0.2) is 0 Å². The fourth-order valence-corrected chi connectivity index (χ4v) is 1.92. The molecule has 2 nitrogen and oxygen atoms in total. The molecule has 1 rings (SSSR count). The van der Waals surface area contributed by atoms with Gasteiger partial charge >= 0.3 is 0 Å². The second kappa shape index (κ2) is 5.46. The number of rotatable bonds is 5. The van der Waals surface area contributed by atoms with Gasteiger partial charge < -0.3 is 10.4 Å². The van der Waals surface area contributed by atoms with Crippen LogP contribution in [0.15, 0.2) is 24.3 Å². The Morgan fingerprint density at radius 2 is 1.81 bits per heavy atom. The molecule has 1 aromatic carbocycles. The van der Waals surface area contributed by atoms with E-state index in [1.807, 2.05) is 26.1 Å². The minimum atomic E-state index is -0.787. The number of aliphatic hydroxyl groups is 1. The molecule has 0 spiro atoms. The van der Waals surface area contributed by atoms with Gasteiger partial charge in [-0.1, -0.05) is 38.1 Å². The largest absolute Gasteiger partial charge is 0.384 e. The monoisotopic (exact) mass is 221 g/mol. The van der Waals surface area contributed by atoms with Gasteiger partial charge in [0.2, 0.25) is 0 Å². The van der Waals surface area contributed by atoms with Crippen LogP contribution in [-0.4, -0.2) is 18.7 Å². The molecule has 0 aliphatic rings. The van der Waals surface area contributed by atoms with Crippen molar-refractivity contribution in [3.8, 4) is 0 Å². The first-order valence-corrected chi connectivity index (χ1v) is 5.92. The van der Waals surface area contributed by atoms with E-state index in [4.69, 9.17) is 0 Å². The quantitative estimate of drug-likeness (QED) is 0.799. The standard InChI is InChI=1S/C14H23NO/c1-11(2)9-12-5-7-13(8-6-12)14(3,16)10-15-4/h5-8,11,15-16H,9-10H2,1-4H3. The van der Waals surface area contributed by atoms with Crippen molar-refractivity contribution in [2.45, 2.75) is 32.8 Å². The summed E-state index contributed by atoms with van der Waals surface area (Å²) in [6.45, 7) is 6.83. The summed E-state index contributed by atoms with van der Waals surface area (Å²) in [5.41, 5.74) is 1.51. The number of hydrogen-bond donors (Lipinski definition) is 2. The molecule has 0 aliphatic heterocycles. The zero-order valence-corrected chi connectivity index (χ0v) is 10.7. The first kappa shape index (κ1) is 13.2. The van der Waals surface area contributed by atoms with Gasteiger partial charge in [-0.25, -0.2) is 0 Å². The summed E-state index contributed by atoms with van der Waals surface area (Å²) in [7, 11) is 1.85. The van der Waals surface area contributed by atoms with Crippen LogP contribution < -0.4 is 5.32 Å². The van der Waals surface area contributed by atoms with Gasteiger partial charge in [0.05, 0.1) is 5.60 Å². The van der Waals surface area contributed by atoms with Gasteiger partial charge in [-0.15, -0.1) is 0 Å². The predicted molar refractivity (Wildman–Crippen MR) is 68.5 cm³/mol. The zero-order valence-electron chi connectivity index (χ0n) is 10.7. The van der Waals surface area contributed by atoms with E-state index < -0.39 is 5.60 Å². The maximum atomic E-state index is 10.2. The number of benzene rings is 1. The van der Waals surface area contributed by atoms with Crippen LogP contribution in [0.4, 0.5) is 0 Å². The van der Waals surface area contributed by atoms with Gasteiger partial charge in [0.1, 0.15) is 0 Å². The van der Waals surface area contributed by atoms with Crippen molar-refractivity contribution in [2.75, 3.05) is 13.6 Å². The van der Waals surface area contributed by atoms with Crippen LogP contribution in [0.5, 0.6) is 0 Å². The fraction of sp³-hybridized carbons (Fsp3) is 0.571. The maximum Gasteiger partial charge on any atom is 0.0992 e. The van der Waals surface area contributed by atoms with Crippen molar-refractivity contribution in [3.05, 3.63) is 35.4 Å². The lowest BCUT2D eigenvalue weighted by molar-refractivity contribution is 0.0591. The molecule has 2 N–H and O–H groups in total. The molecule has 0 radical (unpaired) electrons. The summed E-state index contributed by atoms with van der Waals surface area (Å²) < 4.78 is 0. The third kappa shape index (κ3) is 3.62. The van der Waals surface area contributed by atoms with Crippen molar-refractivity contribution >= 4 is 0 Å². The van der Waals surface area contributed by atoms with Crippen LogP contribution in [0.3, 0.4) is 0 Å². The maximum absolute atomic E-state index is 10.2. The molecule has 1 unspecified atom stereocenters. The molecule has 0 amide bonds. The van der Waals surface area contributed by atoms with Crippen LogP contribution in [0.2, 0.25) is 0 Å². The molecule has 2 heteroatoms. The highest BCUT2D eigenvalue weighted by Gasteiger charge is 2.21. The predicted octanol–water partition coefficient (Wildman–Crippen LogP) is 2.31. The van der Waals surface area contributed by atoms with Crippen molar-refractivity contribution in [3.63, 3.8) is 0 Å². The van der Waals surface area contributed by atoms with E-state index in [0.717, 1.165) is 12.0 Å². The lowest BCUT2D eigenvalue weighted by Gasteiger charge is -2.23. The van der Waals surface area contributed by atoms with Crippen molar-refractivity contribution in [1.82, 2.24) is 5.32 Å². The highest BCUT2D eigenvalue weighted by Crippen LogP contribution is 2.20. The van der Waals surface area contributed by atoms with E-state index in [2.05, 4.69) is 31.3 Å². The van der Waals surface area contributed by atoms with Gasteiger partial charge in [-0.3, -0.25) is 0 Å². The average molecular weight is 221 g/mol. The van der Waals surface area contributed by atoms with Crippen LogP contribution in [0.1, 0.15) is 31.9 Å². The molecule has 0 fully saturated rings. The second-order valence-corrected chi connectivity index (χ2v) is 5.10. The normalized spacial score (nSPS) is 15.1. The van der Waals surface area contributed by atoms with Gasteiger partial charge in [-0.2, -0.15) is 0 Å². The smallest absolute Gasteiger partial charge is 0.0992 e. The summed E-state index contributed by atoms with van der Waals surface area (Å²) in [4.78, 5) is 0. The molecule has 0 saturated carbocycles. The molecular weight excluding hydrogens is 198 g/mol. The Morgan fingerprint density at radius 3 is 2.25 bits per heavy atom. The summed E-state index contributed by atoms with van der Waals surface area (Å²) >= 11 is 0. The van der Waals surface area contributed by atoms with Crippen molar-refractivity contribution in [2.24, 2.45) is 5.92 Å². The lowest BCUT2D eigenvalue weighted by Crippen LogP contribution is -2.33. The third-order valence-electron chi connectivity index (χ3n) is 2.74. The molecule has 1 atom stereocenters. The van der Waals surface area contributed by atoms with E-state index in [-0.39, 0.29) is 0 Å². The van der Waals surface area contributed by atoms with Crippen LogP contribution in [0, 0.1) is 5.92 Å². The Hall–Kier alpha value is -0.860. The first-order valence-electron chi connectivity index (χ1n) is 5.92. The van der Waals surface area contributed by atoms with Gasteiger partial charge in [0, 0.05) is 6.54 Å². The number of hydrogen-bond acceptors (Lipinski definition) is 2. The summed E-state index contributed by atoms with van der Waals surface area (Å²) in [6, 6.07) is 8.27. The molecule has 0 aliphatic carbocycles. The topological polar surface area (TPSA) is 32.3 Å². The SMILES string of the molecule is CNCC(C)(O)c1ccc(CC(C)C)cc1. The van der Waals surface area contributed by atoms with Crippen LogP contribution >= 0.6 is 0 Å². The van der Waals surface area contributed by atoms with E-state index in [0.29, 0.717) is 12.5 Å². The van der Waals surface area contributed by atoms with E-state index >= 15 is 0 Å². The summed E-state index contributed by atoms with van der Waals surface area (Å²) in [6.07, 6.45) is 1.09. The Bertz CT molecular complexity index is 314. The number of nitrogens with one attached hydrogen (secondary N) is 1. The van der Waals surface area contributed by atoms with Crippen molar-refractivity contribution < 1.29 is 5.11 Å². The lowest BCUT2D eigenvalue weighted by atomic mass is 9.93. The van der Waals surface area contributed by atoms with Crippen molar-refractivity contribution in [1.29, 1.82) is 0 Å². The Balaban J connectivity index is 2.78. The highest BCUT2D eigenvalue weighted by molar-refractivity contribution is 5.27. The molecular formula is C14H23NO. The van der Waals surface area contributed by atoms with E-state index in [9.17, 15) is 5.11 Å². The molecule has 0 heterocycles. The molecule has 16 heavy (non-hydrogen) atoms. The molecule has 90 valence electrons. The second-order valence-electron chi connectivity index (χ2n) is 5.10. The van der Waals surface area contributed by atoms with Gasteiger partial charge in [0.25, 0.3) is 0 Å². The fourth-order valence-electron chi connectivity index (χ4n) is 1.92. The Morgan fingerprint density at radius 1 is 1.25 bits per heavy atom. The van der Waals surface area contributed by atoms with E-state index in [1.165, 1.54) is 5.56 Å². The number of likely N-dealkylation sites (N-methyl/N-ethyl adjacent to an activating group) is 1. The average Bonchev–Trinajstić information content (AvgIpc) is 2.17. The Labute approximate surface area is 98.7 Å². The van der Waals surface area contributed by atoms with E-state index in [1.54, 1.807) is 0 Å². The molecule has 1 aromatic rings. The Kier molecular flexibility index (Phi) is 4.51. The minimum Gasteiger partial charge on any atom is -0.384 e. The molecule has 0 bridgehead atoms.